The van der Waals surface area contributed by atoms with Gasteiger partial charge in [-0.3, -0.25) is 4.55 Å². The SMILES string of the molecule is C#COC(COC)CO[C@@H]1OC(CS(=O)(=O)O)[C@H](O)CC1O. The highest BCUT2D eigenvalue weighted by Crippen LogP contribution is 2.22. The lowest BCUT2D eigenvalue weighted by atomic mass is 10.0. The van der Waals surface area contributed by atoms with E-state index in [4.69, 9.17) is 29.9 Å². The van der Waals surface area contributed by atoms with Crippen LogP contribution >= 0.6 is 0 Å². The summed E-state index contributed by atoms with van der Waals surface area (Å²) in [5.74, 6) is -0.802. The quantitative estimate of drug-likeness (QED) is 0.351. The van der Waals surface area contributed by atoms with Crippen LogP contribution in [0.25, 0.3) is 0 Å². The van der Waals surface area contributed by atoms with Gasteiger partial charge in [-0.1, -0.05) is 6.42 Å². The van der Waals surface area contributed by atoms with E-state index >= 15 is 0 Å². The minimum absolute atomic E-state index is 0.0749. The monoisotopic (exact) mass is 340 g/mol. The Balaban J connectivity index is 2.59. The standard InChI is InChI=1S/C12H20O9S/c1-3-19-8(5-18-2)6-20-12-10(14)4-9(13)11(21-12)7-22(15,16)17/h1,8-14H,4-7H2,2H3,(H,15,16,17)/t8?,9-,10?,11?,12-/m1/s1. The average molecular weight is 340 g/mol. The van der Waals surface area contributed by atoms with Gasteiger partial charge in [-0.15, -0.1) is 0 Å². The van der Waals surface area contributed by atoms with Gasteiger partial charge in [-0.2, -0.15) is 8.42 Å². The van der Waals surface area contributed by atoms with Crippen LogP contribution < -0.4 is 0 Å². The molecule has 0 aromatic rings. The van der Waals surface area contributed by atoms with Gasteiger partial charge < -0.3 is 29.2 Å². The highest BCUT2D eigenvalue weighted by atomic mass is 32.2. The number of ether oxygens (including phenoxy) is 4. The number of hydrogen-bond donors (Lipinski definition) is 3. The van der Waals surface area contributed by atoms with Gasteiger partial charge in [-0.05, 0) is 0 Å². The van der Waals surface area contributed by atoms with E-state index in [9.17, 15) is 18.6 Å². The van der Waals surface area contributed by atoms with Crippen LogP contribution in [-0.4, -0.2) is 80.0 Å². The van der Waals surface area contributed by atoms with Crippen molar-refractivity contribution in [2.45, 2.75) is 37.1 Å². The van der Waals surface area contributed by atoms with Crippen LogP contribution in [0.3, 0.4) is 0 Å². The van der Waals surface area contributed by atoms with Gasteiger partial charge in [-0.25, -0.2) is 0 Å². The van der Waals surface area contributed by atoms with Gasteiger partial charge in [0.05, 0.1) is 19.3 Å². The van der Waals surface area contributed by atoms with E-state index in [2.05, 4.69) is 0 Å². The fourth-order valence-corrected chi connectivity index (χ4v) is 2.69. The maximum atomic E-state index is 10.9. The molecule has 1 heterocycles. The minimum atomic E-state index is -4.34. The number of terminal acetylenes is 1. The molecule has 1 aliphatic rings. The smallest absolute Gasteiger partial charge is 0.267 e. The Kier molecular flexibility index (Phi) is 7.51. The first-order valence-corrected chi connectivity index (χ1v) is 8.06. The van der Waals surface area contributed by atoms with E-state index in [1.807, 2.05) is 6.11 Å². The number of rotatable bonds is 8. The third-order valence-electron chi connectivity index (χ3n) is 2.94. The second kappa shape index (κ2) is 8.64. The first-order valence-electron chi connectivity index (χ1n) is 6.45. The van der Waals surface area contributed by atoms with Crippen LogP contribution in [0.1, 0.15) is 6.42 Å². The molecule has 5 atom stereocenters. The second-order valence-electron chi connectivity index (χ2n) is 4.81. The maximum absolute atomic E-state index is 10.9. The van der Waals surface area contributed by atoms with Crippen LogP contribution in [0.2, 0.25) is 0 Å². The van der Waals surface area contributed by atoms with E-state index in [0.29, 0.717) is 0 Å². The highest BCUT2D eigenvalue weighted by Gasteiger charge is 2.39. The Labute approximate surface area is 128 Å². The number of aliphatic hydroxyl groups excluding tert-OH is 2. The first-order chi connectivity index (χ1) is 10.3. The molecule has 128 valence electrons. The van der Waals surface area contributed by atoms with Crippen LogP contribution in [0, 0.1) is 12.5 Å². The highest BCUT2D eigenvalue weighted by molar-refractivity contribution is 7.85. The first kappa shape index (κ1) is 19.1. The van der Waals surface area contributed by atoms with Gasteiger partial charge in [0.15, 0.2) is 12.4 Å². The maximum Gasteiger partial charge on any atom is 0.267 e. The third kappa shape index (κ3) is 6.45. The average Bonchev–Trinajstić information content (AvgIpc) is 2.39. The molecule has 0 amide bonds. The molecule has 0 bridgehead atoms. The molecule has 0 aliphatic carbocycles. The largest absolute Gasteiger partial charge is 0.439 e. The molecule has 3 N–H and O–H groups in total. The van der Waals surface area contributed by atoms with Crippen molar-refractivity contribution in [3.8, 4) is 12.5 Å². The predicted molar refractivity (Wildman–Crippen MR) is 73.2 cm³/mol. The minimum Gasteiger partial charge on any atom is -0.439 e. The summed E-state index contributed by atoms with van der Waals surface area (Å²) in [5.41, 5.74) is 0. The fraction of sp³-hybridized carbons (Fsp3) is 0.833. The van der Waals surface area contributed by atoms with E-state index in [1.165, 1.54) is 7.11 Å². The summed E-state index contributed by atoms with van der Waals surface area (Å²) in [4.78, 5) is 0. The summed E-state index contributed by atoms with van der Waals surface area (Å²) in [6.07, 6.45) is 1.44. The van der Waals surface area contributed by atoms with Crippen molar-refractivity contribution in [1.29, 1.82) is 0 Å². The molecule has 0 radical (unpaired) electrons. The van der Waals surface area contributed by atoms with Crippen LogP contribution in [0.4, 0.5) is 0 Å². The van der Waals surface area contributed by atoms with Crippen molar-refractivity contribution in [1.82, 2.24) is 0 Å². The van der Waals surface area contributed by atoms with Crippen molar-refractivity contribution >= 4 is 10.1 Å². The zero-order chi connectivity index (χ0) is 16.8. The van der Waals surface area contributed by atoms with E-state index in [0.717, 1.165) is 0 Å². The molecule has 0 spiro atoms. The summed E-state index contributed by atoms with van der Waals surface area (Å²) in [7, 11) is -2.90. The molecule has 1 fully saturated rings. The van der Waals surface area contributed by atoms with Crippen LogP contribution in [0.5, 0.6) is 0 Å². The third-order valence-corrected chi connectivity index (χ3v) is 3.69. The Hall–Kier alpha value is -0.930. The van der Waals surface area contributed by atoms with Crippen molar-refractivity contribution in [2.75, 3.05) is 26.1 Å². The Morgan fingerprint density at radius 1 is 1.36 bits per heavy atom. The number of hydrogen-bond acceptors (Lipinski definition) is 8. The van der Waals surface area contributed by atoms with Gasteiger partial charge in [0, 0.05) is 13.5 Å². The molecule has 0 saturated carbocycles. The Morgan fingerprint density at radius 2 is 2.05 bits per heavy atom. The fourth-order valence-electron chi connectivity index (χ4n) is 1.97. The lowest BCUT2D eigenvalue weighted by molar-refractivity contribution is -0.266. The van der Waals surface area contributed by atoms with Crippen molar-refractivity contribution in [3.05, 3.63) is 0 Å². The summed E-state index contributed by atoms with van der Waals surface area (Å²) < 4.78 is 50.8. The molecule has 9 nitrogen and oxygen atoms in total. The van der Waals surface area contributed by atoms with Crippen molar-refractivity contribution in [2.24, 2.45) is 0 Å². The van der Waals surface area contributed by atoms with Gasteiger partial charge in [0.25, 0.3) is 10.1 Å². The van der Waals surface area contributed by atoms with E-state index in [-0.39, 0.29) is 19.6 Å². The molecular formula is C12H20O9S. The molecule has 1 aliphatic heterocycles. The lowest BCUT2D eigenvalue weighted by Gasteiger charge is -2.36. The van der Waals surface area contributed by atoms with E-state index < -0.39 is 46.6 Å². The molecular weight excluding hydrogens is 320 g/mol. The molecule has 22 heavy (non-hydrogen) atoms. The topological polar surface area (TPSA) is 132 Å². The zero-order valence-electron chi connectivity index (χ0n) is 12.0. The van der Waals surface area contributed by atoms with E-state index in [1.54, 1.807) is 0 Å². The Morgan fingerprint density at radius 3 is 2.59 bits per heavy atom. The second-order valence-corrected chi connectivity index (χ2v) is 6.31. The number of methoxy groups -OCH3 is 1. The molecule has 0 aromatic heterocycles. The van der Waals surface area contributed by atoms with Crippen molar-refractivity contribution in [3.63, 3.8) is 0 Å². The lowest BCUT2D eigenvalue weighted by Crippen LogP contribution is -2.51. The predicted octanol–water partition coefficient (Wildman–Crippen LogP) is -1.65. The number of aliphatic hydroxyl groups is 2. The van der Waals surface area contributed by atoms with Gasteiger partial charge in [0.2, 0.25) is 0 Å². The molecule has 1 saturated heterocycles. The molecule has 3 unspecified atom stereocenters. The molecule has 10 heteroatoms. The summed E-state index contributed by atoms with van der Waals surface area (Å²) >= 11 is 0. The normalized spacial score (nSPS) is 30.5. The summed E-state index contributed by atoms with van der Waals surface area (Å²) in [6, 6.07) is 0. The zero-order valence-corrected chi connectivity index (χ0v) is 12.8. The van der Waals surface area contributed by atoms with Gasteiger partial charge in [0.1, 0.15) is 24.1 Å². The Bertz CT molecular complexity index is 471. The molecule has 1 rings (SSSR count). The molecule has 0 aromatic carbocycles. The van der Waals surface area contributed by atoms with Crippen molar-refractivity contribution < 1.29 is 42.1 Å². The van der Waals surface area contributed by atoms with Gasteiger partial charge >= 0.3 is 0 Å². The van der Waals surface area contributed by atoms with Crippen LogP contribution in [0.15, 0.2) is 0 Å². The summed E-state index contributed by atoms with van der Waals surface area (Å²) in [5, 5.41) is 19.5. The summed E-state index contributed by atoms with van der Waals surface area (Å²) in [6.45, 7) is 0.0680. The van der Waals surface area contributed by atoms with Crippen LogP contribution in [-0.2, 0) is 29.1 Å².